The van der Waals surface area contributed by atoms with Crippen LogP contribution < -0.4 is 5.32 Å². The van der Waals surface area contributed by atoms with Gasteiger partial charge in [-0.05, 0) is 53.4 Å². The van der Waals surface area contributed by atoms with Crippen LogP contribution in [0.5, 0.6) is 0 Å². The van der Waals surface area contributed by atoms with Crippen LogP contribution in [0.3, 0.4) is 0 Å². The first-order valence-corrected chi connectivity index (χ1v) is 9.28. The van der Waals surface area contributed by atoms with Gasteiger partial charge < -0.3 is 15.0 Å². The maximum atomic E-state index is 5.73. The summed E-state index contributed by atoms with van der Waals surface area (Å²) in [6.45, 7) is 16.4. The fourth-order valence-corrected chi connectivity index (χ4v) is 2.70. The monoisotopic (exact) mass is 326 g/mol. The number of likely N-dealkylation sites (N-methyl/N-ethyl adjacent to an activating group) is 1. The SMILES string of the molecule is CCNC(=NCCN(C(C)C)C(C)C)N(C)CCOCC1CC1. The van der Waals surface area contributed by atoms with E-state index < -0.39 is 0 Å². The van der Waals surface area contributed by atoms with Crippen LogP contribution in [0.1, 0.15) is 47.5 Å². The second-order valence-corrected chi connectivity index (χ2v) is 7.10. The second kappa shape index (κ2) is 10.9. The lowest BCUT2D eigenvalue weighted by molar-refractivity contribution is 0.115. The quantitative estimate of drug-likeness (QED) is 0.360. The molecule has 136 valence electrons. The molecule has 1 N–H and O–H groups in total. The Kier molecular flexibility index (Phi) is 9.56. The molecule has 5 nitrogen and oxygen atoms in total. The van der Waals surface area contributed by atoms with Gasteiger partial charge in [0.05, 0.1) is 13.2 Å². The molecular formula is C18H38N4O. The van der Waals surface area contributed by atoms with Crippen LogP contribution >= 0.6 is 0 Å². The van der Waals surface area contributed by atoms with E-state index >= 15 is 0 Å². The third kappa shape index (κ3) is 8.56. The summed E-state index contributed by atoms with van der Waals surface area (Å²) in [5.74, 6) is 1.82. The summed E-state index contributed by atoms with van der Waals surface area (Å²) in [6, 6.07) is 1.11. The van der Waals surface area contributed by atoms with Crippen LogP contribution in [0.25, 0.3) is 0 Å². The largest absolute Gasteiger partial charge is 0.379 e. The van der Waals surface area contributed by atoms with Crippen molar-refractivity contribution in [1.29, 1.82) is 0 Å². The minimum atomic E-state index is 0.557. The molecule has 5 heteroatoms. The highest BCUT2D eigenvalue weighted by Gasteiger charge is 2.21. The number of hydrogen-bond acceptors (Lipinski definition) is 3. The Morgan fingerprint density at radius 2 is 1.83 bits per heavy atom. The van der Waals surface area contributed by atoms with Gasteiger partial charge in [0.25, 0.3) is 0 Å². The average molecular weight is 327 g/mol. The summed E-state index contributed by atoms with van der Waals surface area (Å²) >= 11 is 0. The molecule has 1 rings (SSSR count). The lowest BCUT2D eigenvalue weighted by atomic mass is 10.2. The molecule has 0 bridgehead atoms. The summed E-state index contributed by atoms with van der Waals surface area (Å²) in [5, 5.41) is 3.38. The zero-order valence-electron chi connectivity index (χ0n) is 16.1. The molecule has 0 aromatic carbocycles. The molecule has 1 fully saturated rings. The van der Waals surface area contributed by atoms with Gasteiger partial charge in [0, 0.05) is 45.4 Å². The van der Waals surface area contributed by atoms with E-state index in [0.717, 1.165) is 51.3 Å². The van der Waals surface area contributed by atoms with Gasteiger partial charge in [0.1, 0.15) is 0 Å². The highest BCUT2D eigenvalue weighted by atomic mass is 16.5. The predicted octanol–water partition coefficient (Wildman–Crippen LogP) is 2.43. The van der Waals surface area contributed by atoms with Crippen LogP contribution in [0.15, 0.2) is 4.99 Å². The van der Waals surface area contributed by atoms with Gasteiger partial charge in [-0.3, -0.25) is 9.89 Å². The molecule has 0 aliphatic heterocycles. The van der Waals surface area contributed by atoms with E-state index in [1.54, 1.807) is 0 Å². The molecule has 0 radical (unpaired) electrons. The van der Waals surface area contributed by atoms with Crippen LogP contribution in [-0.2, 0) is 4.74 Å². The smallest absolute Gasteiger partial charge is 0.193 e. The Hall–Kier alpha value is -0.810. The number of rotatable bonds is 11. The zero-order chi connectivity index (χ0) is 17.2. The molecule has 1 aliphatic carbocycles. The summed E-state index contributed by atoms with van der Waals surface area (Å²) < 4.78 is 5.73. The topological polar surface area (TPSA) is 40.1 Å². The molecule has 1 saturated carbocycles. The first kappa shape index (κ1) is 20.2. The van der Waals surface area contributed by atoms with Crippen molar-refractivity contribution in [3.05, 3.63) is 0 Å². The van der Waals surface area contributed by atoms with Crippen molar-refractivity contribution in [3.63, 3.8) is 0 Å². The molecule has 0 unspecified atom stereocenters. The number of guanidine groups is 1. The maximum Gasteiger partial charge on any atom is 0.193 e. The van der Waals surface area contributed by atoms with Gasteiger partial charge in [-0.1, -0.05) is 0 Å². The van der Waals surface area contributed by atoms with Gasteiger partial charge in [-0.25, -0.2) is 0 Å². The maximum absolute atomic E-state index is 5.73. The molecule has 0 saturated heterocycles. The Bertz CT molecular complexity index is 332. The Labute approximate surface area is 143 Å². The van der Waals surface area contributed by atoms with E-state index in [1.807, 2.05) is 0 Å². The molecule has 0 spiro atoms. The highest BCUT2D eigenvalue weighted by molar-refractivity contribution is 5.79. The summed E-state index contributed by atoms with van der Waals surface area (Å²) in [4.78, 5) is 9.43. The third-order valence-corrected chi connectivity index (χ3v) is 4.26. The van der Waals surface area contributed by atoms with Crippen molar-refractivity contribution in [1.82, 2.24) is 15.1 Å². The van der Waals surface area contributed by atoms with Gasteiger partial charge in [-0.15, -0.1) is 0 Å². The number of ether oxygens (including phenoxy) is 1. The minimum absolute atomic E-state index is 0.557. The normalized spacial score (nSPS) is 15.8. The third-order valence-electron chi connectivity index (χ3n) is 4.26. The molecule has 0 heterocycles. The van der Waals surface area contributed by atoms with E-state index in [1.165, 1.54) is 12.8 Å². The van der Waals surface area contributed by atoms with Crippen molar-refractivity contribution in [2.24, 2.45) is 10.9 Å². The lowest BCUT2D eigenvalue weighted by Crippen LogP contribution is -2.42. The molecule has 0 atom stereocenters. The van der Waals surface area contributed by atoms with E-state index in [9.17, 15) is 0 Å². The van der Waals surface area contributed by atoms with Gasteiger partial charge in [-0.2, -0.15) is 0 Å². The molecule has 0 aromatic rings. The van der Waals surface area contributed by atoms with Crippen LogP contribution in [0.4, 0.5) is 0 Å². The van der Waals surface area contributed by atoms with Crippen LogP contribution in [0, 0.1) is 5.92 Å². The second-order valence-electron chi connectivity index (χ2n) is 7.10. The van der Waals surface area contributed by atoms with Gasteiger partial charge in [0.2, 0.25) is 0 Å². The molecule has 0 amide bonds. The van der Waals surface area contributed by atoms with Gasteiger partial charge >= 0.3 is 0 Å². The van der Waals surface area contributed by atoms with E-state index in [2.05, 4.69) is 56.8 Å². The van der Waals surface area contributed by atoms with Crippen molar-refractivity contribution in [3.8, 4) is 0 Å². The number of aliphatic imine (C=N–C) groups is 1. The van der Waals surface area contributed by atoms with Crippen molar-refractivity contribution < 1.29 is 4.74 Å². The minimum Gasteiger partial charge on any atom is -0.379 e. The number of nitrogens with zero attached hydrogens (tertiary/aromatic N) is 3. The average Bonchev–Trinajstić information content (AvgIpc) is 3.30. The number of nitrogens with one attached hydrogen (secondary N) is 1. The summed E-state index contributed by atoms with van der Waals surface area (Å²) in [6.07, 6.45) is 2.70. The van der Waals surface area contributed by atoms with Crippen molar-refractivity contribution in [2.45, 2.75) is 59.5 Å². The van der Waals surface area contributed by atoms with Crippen molar-refractivity contribution >= 4 is 5.96 Å². The van der Waals surface area contributed by atoms with E-state index in [0.29, 0.717) is 12.1 Å². The fourth-order valence-electron chi connectivity index (χ4n) is 2.70. The molecular weight excluding hydrogens is 288 g/mol. The van der Waals surface area contributed by atoms with Crippen LogP contribution in [-0.4, -0.2) is 74.3 Å². The molecule has 23 heavy (non-hydrogen) atoms. The Balaban J connectivity index is 2.37. The van der Waals surface area contributed by atoms with Gasteiger partial charge in [0.15, 0.2) is 5.96 Å². The lowest BCUT2D eigenvalue weighted by Gasteiger charge is -2.30. The van der Waals surface area contributed by atoms with Crippen LogP contribution in [0.2, 0.25) is 0 Å². The standard InChI is InChI=1S/C18H38N4O/c1-7-19-18(20-10-11-22(15(2)3)16(4)5)21(6)12-13-23-14-17-8-9-17/h15-17H,7-14H2,1-6H3,(H,19,20). The fraction of sp³-hybridized carbons (Fsp3) is 0.944. The summed E-state index contributed by atoms with van der Waals surface area (Å²) in [5.41, 5.74) is 0. The Morgan fingerprint density at radius 1 is 1.17 bits per heavy atom. The number of hydrogen-bond donors (Lipinski definition) is 1. The first-order valence-electron chi connectivity index (χ1n) is 9.28. The zero-order valence-corrected chi connectivity index (χ0v) is 16.1. The predicted molar refractivity (Wildman–Crippen MR) is 99.1 cm³/mol. The molecule has 1 aliphatic rings. The molecule has 0 aromatic heterocycles. The van der Waals surface area contributed by atoms with E-state index in [-0.39, 0.29) is 0 Å². The summed E-state index contributed by atoms with van der Waals surface area (Å²) in [7, 11) is 2.09. The van der Waals surface area contributed by atoms with E-state index in [4.69, 9.17) is 9.73 Å². The van der Waals surface area contributed by atoms with Crippen molar-refractivity contribution in [2.75, 3.05) is 46.4 Å². The Morgan fingerprint density at radius 3 is 2.35 bits per heavy atom. The first-order chi connectivity index (χ1) is 11.0. The highest BCUT2D eigenvalue weighted by Crippen LogP contribution is 2.28.